The number of ether oxygens (including phenoxy) is 1. The molecule has 0 spiro atoms. The Balaban J connectivity index is 1.56. The first-order valence-corrected chi connectivity index (χ1v) is 9.63. The Hall–Kier alpha value is -2.30. The largest absolute Gasteiger partial charge is 0.497 e. The zero-order valence-corrected chi connectivity index (χ0v) is 16.7. The molecule has 3 aromatic rings. The van der Waals surface area contributed by atoms with Crippen molar-refractivity contribution in [3.8, 4) is 5.75 Å². The van der Waals surface area contributed by atoms with Crippen molar-refractivity contribution < 1.29 is 4.74 Å². The van der Waals surface area contributed by atoms with Crippen LogP contribution >= 0.6 is 0 Å². The summed E-state index contributed by atoms with van der Waals surface area (Å²) >= 11 is 0. The summed E-state index contributed by atoms with van der Waals surface area (Å²) in [5, 5.41) is 1.32. The van der Waals surface area contributed by atoms with E-state index in [1.54, 1.807) is 7.11 Å². The van der Waals surface area contributed by atoms with Gasteiger partial charge in [0.15, 0.2) is 0 Å². The van der Waals surface area contributed by atoms with Gasteiger partial charge in [0.1, 0.15) is 5.75 Å². The number of fused-ring (bicyclic) bond motifs is 1. The van der Waals surface area contributed by atoms with Crippen LogP contribution in [0.1, 0.15) is 17.2 Å². The first-order chi connectivity index (χ1) is 13.1. The van der Waals surface area contributed by atoms with Crippen LogP contribution in [0.5, 0.6) is 5.75 Å². The fraction of sp³-hybridized carbons (Fsp3) is 0.391. The molecular formula is C23H29N3O. The SMILES string of the molecule is COc1ccc(C2CN(Cc3cc4ccccc4n3C)CC2N(C)C)cc1. The molecule has 4 heteroatoms. The number of aryl methyl sites for hydroxylation is 1. The number of rotatable bonds is 5. The van der Waals surface area contributed by atoms with Gasteiger partial charge in [-0.25, -0.2) is 0 Å². The van der Waals surface area contributed by atoms with E-state index >= 15 is 0 Å². The molecule has 4 rings (SSSR count). The minimum Gasteiger partial charge on any atom is -0.497 e. The predicted octanol–water partition coefficient (Wildman–Crippen LogP) is 3.72. The van der Waals surface area contributed by atoms with Crippen molar-refractivity contribution in [2.24, 2.45) is 7.05 Å². The first kappa shape index (κ1) is 18.1. The van der Waals surface area contributed by atoms with Crippen molar-refractivity contribution in [1.82, 2.24) is 14.4 Å². The standard InChI is InChI=1S/C23H29N3O/c1-24(2)23-16-26(15-21(23)17-9-11-20(27-4)12-10-17)14-19-13-18-7-5-6-8-22(18)25(19)3/h5-13,21,23H,14-16H2,1-4H3. The van der Waals surface area contributed by atoms with Crippen molar-refractivity contribution in [2.75, 3.05) is 34.3 Å². The lowest BCUT2D eigenvalue weighted by atomic mass is 9.93. The Kier molecular flexibility index (Phi) is 4.94. The number of methoxy groups -OCH3 is 1. The van der Waals surface area contributed by atoms with Crippen LogP contribution in [0.2, 0.25) is 0 Å². The maximum absolute atomic E-state index is 5.32. The van der Waals surface area contributed by atoms with Crippen LogP contribution in [0.4, 0.5) is 0 Å². The third-order valence-electron chi connectivity index (χ3n) is 6.01. The first-order valence-electron chi connectivity index (χ1n) is 9.63. The Labute approximate surface area is 162 Å². The molecule has 0 saturated carbocycles. The summed E-state index contributed by atoms with van der Waals surface area (Å²) in [6.45, 7) is 3.16. The molecule has 0 bridgehead atoms. The predicted molar refractivity (Wildman–Crippen MR) is 111 cm³/mol. The fourth-order valence-electron chi connectivity index (χ4n) is 4.42. The smallest absolute Gasteiger partial charge is 0.118 e. The molecule has 1 aromatic heterocycles. The van der Waals surface area contributed by atoms with Gasteiger partial charge in [-0.3, -0.25) is 4.90 Å². The number of para-hydroxylation sites is 1. The van der Waals surface area contributed by atoms with E-state index < -0.39 is 0 Å². The molecule has 1 aliphatic rings. The molecule has 1 aliphatic heterocycles. The highest BCUT2D eigenvalue weighted by Crippen LogP contribution is 2.32. The zero-order chi connectivity index (χ0) is 19.0. The van der Waals surface area contributed by atoms with Gasteiger partial charge in [0, 0.05) is 49.9 Å². The Morgan fingerprint density at radius 1 is 1.04 bits per heavy atom. The van der Waals surface area contributed by atoms with E-state index in [4.69, 9.17) is 4.74 Å². The molecule has 2 unspecified atom stereocenters. The summed E-state index contributed by atoms with van der Waals surface area (Å²) in [5.41, 5.74) is 4.08. The molecule has 2 atom stereocenters. The number of aromatic nitrogens is 1. The van der Waals surface area contributed by atoms with Crippen molar-refractivity contribution in [1.29, 1.82) is 0 Å². The van der Waals surface area contributed by atoms with Crippen molar-refractivity contribution in [2.45, 2.75) is 18.5 Å². The summed E-state index contributed by atoms with van der Waals surface area (Å²) in [4.78, 5) is 4.96. The van der Waals surface area contributed by atoms with Crippen LogP contribution in [0.25, 0.3) is 10.9 Å². The van der Waals surface area contributed by atoms with Crippen LogP contribution in [-0.2, 0) is 13.6 Å². The summed E-state index contributed by atoms with van der Waals surface area (Å²) in [6.07, 6.45) is 0. The maximum Gasteiger partial charge on any atom is 0.118 e. The molecule has 1 saturated heterocycles. The number of hydrogen-bond acceptors (Lipinski definition) is 3. The van der Waals surface area contributed by atoms with Gasteiger partial charge < -0.3 is 14.2 Å². The van der Waals surface area contributed by atoms with Crippen LogP contribution in [-0.4, -0.2) is 54.7 Å². The average Bonchev–Trinajstić information content (AvgIpc) is 3.24. The quantitative estimate of drug-likeness (QED) is 0.689. The molecule has 27 heavy (non-hydrogen) atoms. The fourth-order valence-corrected chi connectivity index (χ4v) is 4.42. The molecular weight excluding hydrogens is 334 g/mol. The van der Waals surface area contributed by atoms with Crippen LogP contribution in [0, 0.1) is 0 Å². The van der Waals surface area contributed by atoms with Gasteiger partial charge in [0.25, 0.3) is 0 Å². The second-order valence-electron chi connectivity index (χ2n) is 7.86. The molecule has 0 aliphatic carbocycles. The molecule has 4 nitrogen and oxygen atoms in total. The van der Waals surface area contributed by atoms with Gasteiger partial charge in [-0.2, -0.15) is 0 Å². The van der Waals surface area contributed by atoms with E-state index in [9.17, 15) is 0 Å². The van der Waals surface area contributed by atoms with Gasteiger partial charge >= 0.3 is 0 Å². The highest BCUT2D eigenvalue weighted by atomic mass is 16.5. The molecule has 1 fully saturated rings. The van der Waals surface area contributed by atoms with Gasteiger partial charge in [-0.1, -0.05) is 30.3 Å². The van der Waals surface area contributed by atoms with Gasteiger partial charge in [-0.15, -0.1) is 0 Å². The number of nitrogens with zero attached hydrogens (tertiary/aromatic N) is 3. The lowest BCUT2D eigenvalue weighted by Crippen LogP contribution is -2.34. The summed E-state index contributed by atoms with van der Waals surface area (Å²) in [6, 6.07) is 20.1. The molecule has 142 valence electrons. The number of benzene rings is 2. The lowest BCUT2D eigenvalue weighted by molar-refractivity contribution is 0.257. The van der Waals surface area contributed by atoms with Gasteiger partial charge in [0.2, 0.25) is 0 Å². The summed E-state index contributed by atoms with van der Waals surface area (Å²) in [7, 11) is 8.29. The summed E-state index contributed by atoms with van der Waals surface area (Å²) < 4.78 is 7.66. The normalized spacial score (nSPS) is 20.6. The van der Waals surface area contributed by atoms with E-state index in [0.29, 0.717) is 12.0 Å². The summed E-state index contributed by atoms with van der Waals surface area (Å²) in [5.74, 6) is 1.44. The Bertz CT molecular complexity index is 913. The third kappa shape index (κ3) is 3.47. The number of likely N-dealkylation sites (tertiary alicyclic amines) is 1. The van der Waals surface area contributed by atoms with E-state index in [2.05, 4.69) is 90.1 Å². The second-order valence-corrected chi connectivity index (χ2v) is 7.86. The van der Waals surface area contributed by atoms with Gasteiger partial charge in [-0.05, 0) is 49.3 Å². The monoisotopic (exact) mass is 363 g/mol. The molecule has 0 radical (unpaired) electrons. The van der Waals surface area contributed by atoms with Crippen molar-refractivity contribution >= 4 is 10.9 Å². The van der Waals surface area contributed by atoms with E-state index in [1.165, 1.54) is 22.2 Å². The van der Waals surface area contributed by atoms with Crippen LogP contribution in [0.3, 0.4) is 0 Å². The van der Waals surface area contributed by atoms with Crippen molar-refractivity contribution in [3.05, 3.63) is 65.9 Å². The van der Waals surface area contributed by atoms with Crippen molar-refractivity contribution in [3.63, 3.8) is 0 Å². The molecule has 2 aromatic carbocycles. The second kappa shape index (κ2) is 7.37. The minimum absolute atomic E-state index is 0.514. The van der Waals surface area contributed by atoms with Crippen LogP contribution < -0.4 is 4.74 Å². The highest BCUT2D eigenvalue weighted by molar-refractivity contribution is 5.81. The Morgan fingerprint density at radius 3 is 2.44 bits per heavy atom. The molecule has 0 N–H and O–H groups in total. The molecule has 0 amide bonds. The number of likely N-dealkylation sites (N-methyl/N-ethyl adjacent to an activating group) is 1. The topological polar surface area (TPSA) is 20.6 Å². The zero-order valence-electron chi connectivity index (χ0n) is 16.7. The third-order valence-corrected chi connectivity index (χ3v) is 6.01. The highest BCUT2D eigenvalue weighted by Gasteiger charge is 2.35. The average molecular weight is 364 g/mol. The lowest BCUT2D eigenvalue weighted by Gasteiger charge is -2.25. The maximum atomic E-state index is 5.32. The van der Waals surface area contributed by atoms with E-state index in [0.717, 1.165) is 25.4 Å². The van der Waals surface area contributed by atoms with E-state index in [-0.39, 0.29) is 0 Å². The van der Waals surface area contributed by atoms with E-state index in [1.807, 2.05) is 0 Å². The minimum atomic E-state index is 0.514. The number of hydrogen-bond donors (Lipinski definition) is 0. The Morgan fingerprint density at radius 2 is 1.78 bits per heavy atom. The van der Waals surface area contributed by atoms with Crippen LogP contribution in [0.15, 0.2) is 54.6 Å². The molecule has 2 heterocycles. The van der Waals surface area contributed by atoms with Gasteiger partial charge in [0.05, 0.1) is 7.11 Å².